The molecule has 0 aliphatic carbocycles. The zero-order valence-corrected chi connectivity index (χ0v) is 11.2. The van der Waals surface area contributed by atoms with Gasteiger partial charge in [-0.1, -0.05) is 13.0 Å². The summed E-state index contributed by atoms with van der Waals surface area (Å²) in [6.07, 6.45) is 2.48. The molecule has 0 radical (unpaired) electrons. The first-order valence-corrected chi connectivity index (χ1v) is 6.44. The van der Waals surface area contributed by atoms with E-state index in [1.807, 2.05) is 19.1 Å². The van der Waals surface area contributed by atoms with Crippen molar-refractivity contribution in [2.45, 2.75) is 19.9 Å². The third kappa shape index (κ3) is 3.63. The first-order chi connectivity index (χ1) is 9.70. The van der Waals surface area contributed by atoms with Crippen LogP contribution in [-0.2, 0) is 6.54 Å². The highest BCUT2D eigenvalue weighted by molar-refractivity contribution is 5.47. The topological polar surface area (TPSA) is 49.8 Å². The van der Waals surface area contributed by atoms with Crippen molar-refractivity contribution in [1.82, 2.24) is 9.97 Å². The number of hydrogen-bond donors (Lipinski definition) is 2. The Hall–Kier alpha value is -2.24. The van der Waals surface area contributed by atoms with E-state index in [2.05, 4.69) is 20.6 Å². The smallest absolute Gasteiger partial charge is 0.168 e. The number of nitrogens with zero attached hydrogens (tertiary/aromatic N) is 2. The van der Waals surface area contributed by atoms with Crippen molar-refractivity contribution in [3.05, 3.63) is 47.8 Å². The monoisotopic (exact) mass is 278 g/mol. The molecule has 0 saturated heterocycles. The molecule has 20 heavy (non-hydrogen) atoms. The molecule has 4 nitrogen and oxygen atoms in total. The molecule has 0 fully saturated rings. The number of anilines is 2. The van der Waals surface area contributed by atoms with Crippen LogP contribution in [0.2, 0.25) is 0 Å². The number of halogens is 2. The quantitative estimate of drug-likeness (QED) is 0.852. The van der Waals surface area contributed by atoms with Crippen molar-refractivity contribution in [1.29, 1.82) is 0 Å². The molecule has 2 rings (SSSR count). The molecule has 2 aromatic rings. The number of hydrogen-bond acceptors (Lipinski definition) is 4. The molecule has 106 valence electrons. The van der Waals surface area contributed by atoms with Crippen molar-refractivity contribution in [3.63, 3.8) is 0 Å². The summed E-state index contributed by atoms with van der Waals surface area (Å²) < 4.78 is 27.2. The van der Waals surface area contributed by atoms with Crippen LogP contribution in [0.25, 0.3) is 0 Å². The second-order valence-electron chi connectivity index (χ2n) is 4.25. The number of pyridine rings is 2. The molecule has 0 aromatic carbocycles. The third-order valence-electron chi connectivity index (χ3n) is 2.64. The van der Waals surface area contributed by atoms with Crippen LogP contribution in [0.5, 0.6) is 0 Å². The molecule has 0 atom stereocenters. The minimum atomic E-state index is -0.722. The largest absolute Gasteiger partial charge is 0.368 e. The first kappa shape index (κ1) is 14.2. The summed E-state index contributed by atoms with van der Waals surface area (Å²) in [6.45, 7) is 2.85. The first-order valence-electron chi connectivity index (χ1n) is 6.44. The van der Waals surface area contributed by atoms with Crippen molar-refractivity contribution < 1.29 is 8.78 Å². The van der Waals surface area contributed by atoms with Crippen molar-refractivity contribution in [2.75, 3.05) is 17.2 Å². The van der Waals surface area contributed by atoms with Crippen molar-refractivity contribution in [3.8, 4) is 0 Å². The summed E-state index contributed by atoms with van der Waals surface area (Å²) in [4.78, 5) is 8.04. The fraction of sp³-hybridized carbons (Fsp3) is 0.286. The van der Waals surface area contributed by atoms with E-state index in [0.29, 0.717) is 13.1 Å². The highest BCUT2D eigenvalue weighted by atomic mass is 19.1. The molecule has 0 bridgehead atoms. The molecule has 2 N–H and O–H groups in total. The summed E-state index contributed by atoms with van der Waals surface area (Å²) >= 11 is 0. The lowest BCUT2D eigenvalue weighted by Crippen LogP contribution is -2.10. The van der Waals surface area contributed by atoms with E-state index in [1.54, 1.807) is 12.3 Å². The van der Waals surface area contributed by atoms with Gasteiger partial charge in [-0.05, 0) is 18.6 Å². The molecule has 0 saturated carbocycles. The van der Waals surface area contributed by atoms with Crippen LogP contribution >= 0.6 is 0 Å². The van der Waals surface area contributed by atoms with Gasteiger partial charge in [-0.25, -0.2) is 13.8 Å². The van der Waals surface area contributed by atoms with E-state index in [9.17, 15) is 8.78 Å². The molecule has 0 aliphatic heterocycles. The summed E-state index contributed by atoms with van der Waals surface area (Å²) in [5, 5.41) is 5.64. The highest BCUT2D eigenvalue weighted by Gasteiger charge is 2.11. The summed E-state index contributed by atoms with van der Waals surface area (Å²) in [7, 11) is 0. The van der Waals surface area contributed by atoms with Gasteiger partial charge in [-0.3, -0.25) is 4.98 Å². The lowest BCUT2D eigenvalue weighted by Gasteiger charge is -2.10. The SMILES string of the molecule is CCCNc1nc(NCc2ccccn2)c(F)cc1F. The maximum absolute atomic E-state index is 13.6. The molecule has 0 aliphatic rings. The van der Waals surface area contributed by atoms with Crippen LogP contribution in [0.1, 0.15) is 19.0 Å². The zero-order chi connectivity index (χ0) is 14.4. The van der Waals surface area contributed by atoms with Crippen LogP contribution in [0, 0.1) is 11.6 Å². The van der Waals surface area contributed by atoms with E-state index in [0.717, 1.165) is 18.2 Å². The minimum absolute atomic E-state index is 0.00987. The number of aromatic nitrogens is 2. The van der Waals surface area contributed by atoms with Gasteiger partial charge in [-0.15, -0.1) is 0 Å². The highest BCUT2D eigenvalue weighted by Crippen LogP contribution is 2.19. The Morgan fingerprint density at radius 1 is 1.10 bits per heavy atom. The lowest BCUT2D eigenvalue weighted by atomic mass is 10.3. The van der Waals surface area contributed by atoms with Gasteiger partial charge in [0.05, 0.1) is 12.2 Å². The van der Waals surface area contributed by atoms with E-state index in [4.69, 9.17) is 0 Å². The molecule has 6 heteroatoms. The van der Waals surface area contributed by atoms with Crippen LogP contribution in [0.15, 0.2) is 30.5 Å². The van der Waals surface area contributed by atoms with Gasteiger partial charge in [0.2, 0.25) is 0 Å². The van der Waals surface area contributed by atoms with Crippen molar-refractivity contribution >= 4 is 11.6 Å². The third-order valence-corrected chi connectivity index (χ3v) is 2.64. The van der Waals surface area contributed by atoms with E-state index in [1.165, 1.54) is 0 Å². The Morgan fingerprint density at radius 2 is 1.85 bits per heavy atom. The summed E-state index contributed by atoms with van der Waals surface area (Å²) in [6, 6.07) is 6.27. The molecular weight excluding hydrogens is 262 g/mol. The standard InChI is InChI=1S/C14H16F2N4/c1-2-6-18-13-11(15)8-12(16)14(20-13)19-9-10-5-3-4-7-17-10/h3-5,7-8H,2,6,9H2,1H3,(H2,18,19,20). The second-order valence-corrected chi connectivity index (χ2v) is 4.25. The van der Waals surface area contributed by atoms with E-state index in [-0.39, 0.29) is 11.6 Å². The summed E-state index contributed by atoms with van der Waals surface area (Å²) in [5.41, 5.74) is 0.751. The fourth-order valence-corrected chi connectivity index (χ4v) is 1.63. The van der Waals surface area contributed by atoms with Gasteiger partial charge in [0, 0.05) is 18.8 Å². The van der Waals surface area contributed by atoms with E-state index < -0.39 is 11.6 Å². The van der Waals surface area contributed by atoms with Gasteiger partial charge in [0.25, 0.3) is 0 Å². The normalized spacial score (nSPS) is 10.3. The van der Waals surface area contributed by atoms with Gasteiger partial charge in [-0.2, -0.15) is 0 Å². The van der Waals surface area contributed by atoms with Crippen LogP contribution in [0.3, 0.4) is 0 Å². The lowest BCUT2D eigenvalue weighted by molar-refractivity contribution is 0.577. The Labute approximate surface area is 116 Å². The Balaban J connectivity index is 2.10. The maximum atomic E-state index is 13.6. The minimum Gasteiger partial charge on any atom is -0.368 e. The van der Waals surface area contributed by atoms with Crippen molar-refractivity contribution in [2.24, 2.45) is 0 Å². The maximum Gasteiger partial charge on any atom is 0.168 e. The average molecular weight is 278 g/mol. The zero-order valence-electron chi connectivity index (χ0n) is 11.2. The van der Waals surface area contributed by atoms with Crippen LogP contribution in [-0.4, -0.2) is 16.5 Å². The van der Waals surface area contributed by atoms with Gasteiger partial charge in [0.1, 0.15) is 0 Å². The molecular formula is C14H16F2N4. The van der Waals surface area contributed by atoms with Gasteiger partial charge < -0.3 is 10.6 Å². The fourth-order valence-electron chi connectivity index (χ4n) is 1.63. The molecule has 0 spiro atoms. The molecule has 2 heterocycles. The second kappa shape index (κ2) is 6.79. The molecule has 0 amide bonds. The van der Waals surface area contributed by atoms with Crippen LogP contribution in [0.4, 0.5) is 20.4 Å². The van der Waals surface area contributed by atoms with E-state index >= 15 is 0 Å². The van der Waals surface area contributed by atoms with Gasteiger partial charge >= 0.3 is 0 Å². The summed E-state index contributed by atoms with van der Waals surface area (Å²) in [5.74, 6) is -1.35. The number of rotatable bonds is 6. The van der Waals surface area contributed by atoms with Crippen LogP contribution < -0.4 is 10.6 Å². The number of nitrogens with one attached hydrogen (secondary N) is 2. The molecule has 0 unspecified atom stereocenters. The predicted molar refractivity (Wildman–Crippen MR) is 74.5 cm³/mol. The van der Waals surface area contributed by atoms with Gasteiger partial charge in [0.15, 0.2) is 23.3 Å². The average Bonchev–Trinajstić information content (AvgIpc) is 2.46. The Kier molecular flexibility index (Phi) is 4.81. The molecule has 2 aromatic heterocycles. The Bertz CT molecular complexity index is 561. The predicted octanol–water partition coefficient (Wildman–Crippen LogP) is 3.19. The Morgan fingerprint density at radius 3 is 2.50 bits per heavy atom.